The van der Waals surface area contributed by atoms with Gasteiger partial charge in [-0.15, -0.1) is 0 Å². The fraction of sp³-hybridized carbons (Fsp3) is 0.312. The summed E-state index contributed by atoms with van der Waals surface area (Å²) in [6.45, 7) is 4.18. The van der Waals surface area contributed by atoms with E-state index in [2.05, 4.69) is 14.8 Å². The van der Waals surface area contributed by atoms with Crippen LogP contribution in [0.1, 0.15) is 5.69 Å². The maximum absolute atomic E-state index is 13.0. The van der Waals surface area contributed by atoms with Crippen LogP contribution in [0.25, 0.3) is 0 Å². The van der Waals surface area contributed by atoms with E-state index in [-0.39, 0.29) is 5.82 Å². The lowest BCUT2D eigenvalue weighted by Gasteiger charge is -2.37. The molecule has 1 fully saturated rings. The molecule has 21 heavy (non-hydrogen) atoms. The third-order valence-electron chi connectivity index (χ3n) is 3.85. The lowest BCUT2D eigenvalue weighted by atomic mass is 10.2. The van der Waals surface area contributed by atoms with E-state index in [1.54, 1.807) is 0 Å². The topological polar surface area (TPSA) is 45.4 Å². The molecule has 0 bridgehead atoms. The molecule has 1 aliphatic rings. The van der Waals surface area contributed by atoms with Crippen LogP contribution >= 0.6 is 0 Å². The molecule has 1 aliphatic heterocycles. The predicted molar refractivity (Wildman–Crippen MR) is 83.0 cm³/mol. The standard InChI is InChI=1S/C16H19FN4/c17-13-1-3-15(4-2-13)20-7-9-21(10-8-20)16-5-6-19-14(11-16)12-18/h1-6,11H,7-10,12,18H2. The van der Waals surface area contributed by atoms with Crippen molar-refractivity contribution in [1.29, 1.82) is 0 Å². The first-order valence-corrected chi connectivity index (χ1v) is 7.17. The van der Waals surface area contributed by atoms with E-state index in [4.69, 9.17) is 5.73 Å². The van der Waals surface area contributed by atoms with Crippen LogP contribution in [-0.2, 0) is 6.54 Å². The maximum atomic E-state index is 13.0. The number of pyridine rings is 1. The molecular weight excluding hydrogens is 267 g/mol. The monoisotopic (exact) mass is 286 g/mol. The SMILES string of the molecule is NCc1cc(N2CCN(c3ccc(F)cc3)CC2)ccn1. The normalized spacial score (nSPS) is 15.3. The number of halogens is 1. The summed E-state index contributed by atoms with van der Waals surface area (Å²) in [6, 6.07) is 10.8. The molecule has 0 spiro atoms. The van der Waals surface area contributed by atoms with Gasteiger partial charge in [-0.1, -0.05) is 0 Å². The first kappa shape index (κ1) is 13.8. The van der Waals surface area contributed by atoms with Crippen LogP contribution in [-0.4, -0.2) is 31.2 Å². The second-order valence-corrected chi connectivity index (χ2v) is 5.16. The fourth-order valence-electron chi connectivity index (χ4n) is 2.65. The number of anilines is 2. The van der Waals surface area contributed by atoms with Crippen molar-refractivity contribution in [2.75, 3.05) is 36.0 Å². The van der Waals surface area contributed by atoms with Crippen molar-refractivity contribution >= 4 is 11.4 Å². The average molecular weight is 286 g/mol. The van der Waals surface area contributed by atoms with E-state index in [0.717, 1.165) is 37.6 Å². The third-order valence-corrected chi connectivity index (χ3v) is 3.85. The molecule has 110 valence electrons. The molecule has 2 heterocycles. The van der Waals surface area contributed by atoms with Crippen molar-refractivity contribution in [2.24, 2.45) is 5.73 Å². The zero-order valence-electron chi connectivity index (χ0n) is 11.9. The van der Waals surface area contributed by atoms with E-state index in [9.17, 15) is 4.39 Å². The van der Waals surface area contributed by atoms with Gasteiger partial charge in [0.25, 0.3) is 0 Å². The Morgan fingerprint density at radius 1 is 0.952 bits per heavy atom. The van der Waals surface area contributed by atoms with E-state index in [0.29, 0.717) is 6.54 Å². The minimum Gasteiger partial charge on any atom is -0.368 e. The summed E-state index contributed by atoms with van der Waals surface area (Å²) in [4.78, 5) is 8.84. The van der Waals surface area contributed by atoms with Gasteiger partial charge in [0.1, 0.15) is 5.82 Å². The highest BCUT2D eigenvalue weighted by Gasteiger charge is 2.17. The van der Waals surface area contributed by atoms with Crippen LogP contribution in [0.15, 0.2) is 42.6 Å². The van der Waals surface area contributed by atoms with Crippen LogP contribution in [0.5, 0.6) is 0 Å². The molecule has 0 radical (unpaired) electrons. The van der Waals surface area contributed by atoms with Gasteiger partial charge in [-0.25, -0.2) is 4.39 Å². The van der Waals surface area contributed by atoms with Crippen molar-refractivity contribution in [3.05, 3.63) is 54.1 Å². The highest BCUT2D eigenvalue weighted by molar-refractivity contribution is 5.51. The third kappa shape index (κ3) is 3.13. The minimum atomic E-state index is -0.191. The van der Waals surface area contributed by atoms with Gasteiger partial charge in [0, 0.05) is 50.3 Å². The number of hydrogen-bond donors (Lipinski definition) is 1. The zero-order chi connectivity index (χ0) is 14.7. The highest BCUT2D eigenvalue weighted by atomic mass is 19.1. The Labute approximate surface area is 124 Å². The van der Waals surface area contributed by atoms with E-state index in [1.807, 2.05) is 30.5 Å². The summed E-state index contributed by atoms with van der Waals surface area (Å²) < 4.78 is 13.0. The van der Waals surface area contributed by atoms with Gasteiger partial charge in [-0.3, -0.25) is 4.98 Å². The first-order valence-electron chi connectivity index (χ1n) is 7.17. The number of hydrogen-bond acceptors (Lipinski definition) is 4. The molecule has 1 aromatic carbocycles. The second-order valence-electron chi connectivity index (χ2n) is 5.16. The Morgan fingerprint density at radius 2 is 1.57 bits per heavy atom. The Morgan fingerprint density at radius 3 is 2.19 bits per heavy atom. The molecule has 3 rings (SSSR count). The molecule has 4 nitrogen and oxygen atoms in total. The summed E-state index contributed by atoms with van der Waals surface area (Å²) in [6.07, 6.45) is 1.81. The van der Waals surface area contributed by atoms with Crippen LogP contribution in [0.2, 0.25) is 0 Å². The van der Waals surface area contributed by atoms with Crippen LogP contribution in [0, 0.1) is 5.82 Å². The maximum Gasteiger partial charge on any atom is 0.123 e. The molecular formula is C16H19FN4. The first-order chi connectivity index (χ1) is 10.3. The van der Waals surface area contributed by atoms with Gasteiger partial charge in [0.2, 0.25) is 0 Å². The second kappa shape index (κ2) is 6.10. The number of nitrogens with zero attached hydrogens (tertiary/aromatic N) is 3. The van der Waals surface area contributed by atoms with Crippen LogP contribution < -0.4 is 15.5 Å². The van der Waals surface area contributed by atoms with Crippen LogP contribution in [0.3, 0.4) is 0 Å². The molecule has 5 heteroatoms. The van der Waals surface area contributed by atoms with Gasteiger partial charge in [-0.05, 0) is 36.4 Å². The van der Waals surface area contributed by atoms with Crippen molar-refractivity contribution < 1.29 is 4.39 Å². The molecule has 0 unspecified atom stereocenters. The van der Waals surface area contributed by atoms with Crippen molar-refractivity contribution in [2.45, 2.75) is 6.54 Å². The van der Waals surface area contributed by atoms with Gasteiger partial charge in [0.15, 0.2) is 0 Å². The molecule has 0 amide bonds. The Balaban J connectivity index is 1.65. The lowest BCUT2D eigenvalue weighted by Crippen LogP contribution is -2.46. The molecule has 2 N–H and O–H groups in total. The van der Waals surface area contributed by atoms with E-state index < -0.39 is 0 Å². The molecule has 2 aromatic rings. The van der Waals surface area contributed by atoms with E-state index in [1.165, 1.54) is 17.8 Å². The summed E-state index contributed by atoms with van der Waals surface area (Å²) >= 11 is 0. The Kier molecular flexibility index (Phi) is 4.01. The summed E-state index contributed by atoms with van der Waals surface area (Å²) in [5, 5.41) is 0. The summed E-state index contributed by atoms with van der Waals surface area (Å²) in [5.74, 6) is -0.191. The number of piperazine rings is 1. The number of nitrogens with two attached hydrogens (primary N) is 1. The van der Waals surface area contributed by atoms with Crippen LogP contribution in [0.4, 0.5) is 15.8 Å². The van der Waals surface area contributed by atoms with Gasteiger partial charge in [-0.2, -0.15) is 0 Å². The molecule has 1 aromatic heterocycles. The molecule has 1 saturated heterocycles. The van der Waals surface area contributed by atoms with Gasteiger partial charge >= 0.3 is 0 Å². The molecule has 0 saturated carbocycles. The number of benzene rings is 1. The minimum absolute atomic E-state index is 0.191. The molecule has 0 aliphatic carbocycles. The van der Waals surface area contributed by atoms with Gasteiger partial charge < -0.3 is 15.5 Å². The highest BCUT2D eigenvalue weighted by Crippen LogP contribution is 2.21. The largest absolute Gasteiger partial charge is 0.368 e. The van der Waals surface area contributed by atoms with Crippen molar-refractivity contribution in [3.8, 4) is 0 Å². The van der Waals surface area contributed by atoms with Crippen molar-refractivity contribution in [1.82, 2.24) is 4.98 Å². The van der Waals surface area contributed by atoms with E-state index >= 15 is 0 Å². The Hall–Kier alpha value is -2.14. The summed E-state index contributed by atoms with van der Waals surface area (Å²) in [5.41, 5.74) is 8.80. The number of aromatic nitrogens is 1. The quantitative estimate of drug-likeness (QED) is 0.937. The van der Waals surface area contributed by atoms with Gasteiger partial charge in [0.05, 0.1) is 5.69 Å². The predicted octanol–water partition coefficient (Wildman–Crippen LogP) is 2.01. The van der Waals surface area contributed by atoms with Crippen molar-refractivity contribution in [3.63, 3.8) is 0 Å². The zero-order valence-corrected chi connectivity index (χ0v) is 11.9. The number of rotatable bonds is 3. The average Bonchev–Trinajstić information content (AvgIpc) is 2.56. The Bertz CT molecular complexity index is 591. The smallest absolute Gasteiger partial charge is 0.123 e. The summed E-state index contributed by atoms with van der Waals surface area (Å²) in [7, 11) is 0. The molecule has 0 atom stereocenters. The lowest BCUT2D eigenvalue weighted by molar-refractivity contribution is 0.624. The fourth-order valence-corrected chi connectivity index (χ4v) is 2.65.